The van der Waals surface area contributed by atoms with Gasteiger partial charge in [0.1, 0.15) is 11.4 Å². The minimum atomic E-state index is -0.505. The van der Waals surface area contributed by atoms with E-state index in [0.717, 1.165) is 16.5 Å². The predicted molar refractivity (Wildman–Crippen MR) is 74.0 cm³/mol. The van der Waals surface area contributed by atoms with Crippen LogP contribution in [0.1, 0.15) is 39.5 Å². The molecule has 4 heteroatoms. The van der Waals surface area contributed by atoms with Crippen LogP contribution >= 0.6 is 0 Å². The Labute approximate surface area is 112 Å². The molecule has 1 atom stereocenters. The summed E-state index contributed by atoms with van der Waals surface area (Å²) >= 11 is 0. The van der Waals surface area contributed by atoms with E-state index < -0.39 is 11.7 Å². The van der Waals surface area contributed by atoms with Gasteiger partial charge < -0.3 is 14.5 Å². The Bertz CT molecular complexity index is 580. The number of carbonyl (C=O) groups is 1. The number of fused-ring (bicyclic) bond motifs is 1. The minimum absolute atomic E-state index is 0.241. The van der Waals surface area contributed by atoms with Crippen molar-refractivity contribution < 1.29 is 13.9 Å². The Morgan fingerprint density at radius 3 is 2.68 bits per heavy atom. The van der Waals surface area contributed by atoms with Crippen LogP contribution in [0, 0.1) is 0 Å². The van der Waals surface area contributed by atoms with Crippen LogP contribution in [0.4, 0.5) is 4.79 Å². The van der Waals surface area contributed by atoms with Crippen LogP contribution in [0.25, 0.3) is 10.8 Å². The molecule has 0 saturated carbocycles. The van der Waals surface area contributed by atoms with Gasteiger partial charge in [-0.3, -0.25) is 0 Å². The first-order valence-corrected chi connectivity index (χ1v) is 6.32. The van der Waals surface area contributed by atoms with Gasteiger partial charge in [-0.15, -0.1) is 0 Å². The van der Waals surface area contributed by atoms with Gasteiger partial charge in [-0.25, -0.2) is 4.79 Å². The zero-order valence-corrected chi connectivity index (χ0v) is 11.7. The molecule has 0 aliphatic rings. The maximum atomic E-state index is 11.7. The van der Waals surface area contributed by atoms with E-state index in [1.807, 2.05) is 52.0 Å². The third-order valence-electron chi connectivity index (χ3n) is 2.67. The average Bonchev–Trinajstić information content (AvgIpc) is 2.69. The molecule has 0 unspecified atom stereocenters. The quantitative estimate of drug-likeness (QED) is 0.888. The zero-order chi connectivity index (χ0) is 14.0. The minimum Gasteiger partial charge on any atom is -0.466 e. The van der Waals surface area contributed by atoms with Crippen molar-refractivity contribution in [2.45, 2.75) is 39.3 Å². The number of furan rings is 1. The molecular weight excluding hydrogens is 242 g/mol. The molecule has 1 aromatic carbocycles. The highest BCUT2D eigenvalue weighted by atomic mass is 16.6. The van der Waals surface area contributed by atoms with Crippen molar-refractivity contribution in [2.24, 2.45) is 0 Å². The SMILES string of the molecule is C[C@@H](NC(=O)OC(C)(C)C)c1occ2ccccc12. The van der Waals surface area contributed by atoms with Crippen LogP contribution in [0.15, 0.2) is 34.9 Å². The third kappa shape index (κ3) is 3.28. The summed E-state index contributed by atoms with van der Waals surface area (Å²) in [4.78, 5) is 11.7. The van der Waals surface area contributed by atoms with Gasteiger partial charge >= 0.3 is 6.09 Å². The van der Waals surface area contributed by atoms with E-state index in [-0.39, 0.29) is 6.04 Å². The first-order chi connectivity index (χ1) is 8.87. The second-order valence-electron chi connectivity index (χ2n) is 5.56. The molecule has 0 spiro atoms. The predicted octanol–water partition coefficient (Wildman–Crippen LogP) is 4.02. The van der Waals surface area contributed by atoms with E-state index in [9.17, 15) is 4.79 Å². The highest BCUT2D eigenvalue weighted by Gasteiger charge is 2.20. The fourth-order valence-corrected chi connectivity index (χ4v) is 1.90. The van der Waals surface area contributed by atoms with Crippen molar-refractivity contribution >= 4 is 16.9 Å². The van der Waals surface area contributed by atoms with Gasteiger partial charge in [0.05, 0.1) is 12.3 Å². The Hall–Kier alpha value is -1.97. The molecule has 1 amide bonds. The Morgan fingerprint density at radius 1 is 1.32 bits per heavy atom. The summed E-state index contributed by atoms with van der Waals surface area (Å²) in [6.07, 6.45) is 1.25. The first-order valence-electron chi connectivity index (χ1n) is 6.32. The van der Waals surface area contributed by atoms with Gasteiger partial charge in [-0.1, -0.05) is 24.3 Å². The number of carbonyl (C=O) groups excluding carboxylic acids is 1. The second kappa shape index (κ2) is 4.96. The molecule has 102 valence electrons. The van der Waals surface area contributed by atoms with E-state index in [1.165, 1.54) is 0 Å². The lowest BCUT2D eigenvalue weighted by molar-refractivity contribution is 0.0503. The molecule has 0 aliphatic carbocycles. The van der Waals surface area contributed by atoms with Crippen molar-refractivity contribution in [3.8, 4) is 0 Å². The van der Waals surface area contributed by atoms with Crippen LogP contribution in [0.3, 0.4) is 0 Å². The highest BCUT2D eigenvalue weighted by Crippen LogP contribution is 2.26. The topological polar surface area (TPSA) is 51.5 Å². The lowest BCUT2D eigenvalue weighted by Crippen LogP contribution is -2.33. The van der Waals surface area contributed by atoms with Crippen LogP contribution in [-0.2, 0) is 4.74 Å². The van der Waals surface area contributed by atoms with E-state index in [1.54, 1.807) is 6.26 Å². The van der Waals surface area contributed by atoms with Crippen LogP contribution in [-0.4, -0.2) is 11.7 Å². The summed E-state index contributed by atoms with van der Waals surface area (Å²) in [6, 6.07) is 7.61. The van der Waals surface area contributed by atoms with E-state index in [0.29, 0.717) is 0 Å². The first kappa shape index (κ1) is 13.5. The van der Waals surface area contributed by atoms with Crippen molar-refractivity contribution in [1.82, 2.24) is 5.32 Å². The number of amides is 1. The molecular formula is C15H19NO3. The maximum Gasteiger partial charge on any atom is 0.408 e. The summed E-state index contributed by atoms with van der Waals surface area (Å²) in [6.45, 7) is 7.37. The summed E-state index contributed by atoms with van der Waals surface area (Å²) in [5, 5.41) is 4.81. The van der Waals surface area contributed by atoms with Crippen LogP contribution < -0.4 is 5.32 Å². The number of hydrogen-bond acceptors (Lipinski definition) is 3. The van der Waals surface area contributed by atoms with E-state index >= 15 is 0 Å². The van der Waals surface area contributed by atoms with Gasteiger partial charge in [-0.2, -0.15) is 0 Å². The van der Waals surface area contributed by atoms with Gasteiger partial charge in [0, 0.05) is 10.8 Å². The van der Waals surface area contributed by atoms with E-state index in [4.69, 9.17) is 9.15 Å². The van der Waals surface area contributed by atoms with Gasteiger partial charge in [-0.05, 0) is 27.7 Å². The summed E-state index contributed by atoms with van der Waals surface area (Å²) in [5.74, 6) is 0.737. The van der Waals surface area contributed by atoms with Crippen molar-refractivity contribution in [3.63, 3.8) is 0 Å². The largest absolute Gasteiger partial charge is 0.466 e. The molecule has 1 N–H and O–H groups in total. The molecule has 0 bridgehead atoms. The number of nitrogens with one attached hydrogen (secondary N) is 1. The number of alkyl carbamates (subject to hydrolysis) is 1. The van der Waals surface area contributed by atoms with Gasteiger partial charge in [0.2, 0.25) is 0 Å². The van der Waals surface area contributed by atoms with Crippen LogP contribution in [0.2, 0.25) is 0 Å². The number of hydrogen-bond donors (Lipinski definition) is 1. The molecule has 1 heterocycles. The molecule has 0 aliphatic heterocycles. The number of rotatable bonds is 2. The molecule has 0 radical (unpaired) electrons. The molecule has 2 aromatic rings. The fourth-order valence-electron chi connectivity index (χ4n) is 1.90. The highest BCUT2D eigenvalue weighted by molar-refractivity contribution is 5.84. The molecule has 0 saturated heterocycles. The molecule has 19 heavy (non-hydrogen) atoms. The van der Waals surface area contributed by atoms with Gasteiger partial charge in [0.25, 0.3) is 0 Å². The Balaban J connectivity index is 2.12. The van der Waals surface area contributed by atoms with Crippen molar-refractivity contribution in [3.05, 3.63) is 36.3 Å². The zero-order valence-electron chi connectivity index (χ0n) is 11.7. The Morgan fingerprint density at radius 2 is 2.00 bits per heavy atom. The lowest BCUT2D eigenvalue weighted by atomic mass is 10.1. The summed E-state index contributed by atoms with van der Waals surface area (Å²) in [5.41, 5.74) is -0.505. The van der Waals surface area contributed by atoms with Crippen molar-refractivity contribution in [1.29, 1.82) is 0 Å². The fraction of sp³-hybridized carbons (Fsp3) is 0.400. The molecule has 0 fully saturated rings. The van der Waals surface area contributed by atoms with E-state index in [2.05, 4.69) is 5.32 Å². The number of benzene rings is 1. The maximum absolute atomic E-state index is 11.7. The molecule has 2 rings (SSSR count). The smallest absolute Gasteiger partial charge is 0.408 e. The third-order valence-corrected chi connectivity index (χ3v) is 2.67. The second-order valence-corrected chi connectivity index (χ2v) is 5.56. The van der Waals surface area contributed by atoms with Crippen LogP contribution in [0.5, 0.6) is 0 Å². The normalized spacial score (nSPS) is 13.3. The lowest BCUT2D eigenvalue weighted by Gasteiger charge is -2.21. The van der Waals surface area contributed by atoms with Crippen molar-refractivity contribution in [2.75, 3.05) is 0 Å². The number of ether oxygens (including phenoxy) is 1. The average molecular weight is 261 g/mol. The van der Waals surface area contributed by atoms with Gasteiger partial charge in [0.15, 0.2) is 0 Å². The summed E-state index contributed by atoms with van der Waals surface area (Å²) in [7, 11) is 0. The molecule has 1 aromatic heterocycles. The Kier molecular flexibility index (Phi) is 3.51. The molecule has 4 nitrogen and oxygen atoms in total. The standard InChI is InChI=1S/C15H19NO3/c1-10(16-14(17)19-15(2,3)4)13-12-8-6-5-7-11(12)9-18-13/h5-10H,1-4H3,(H,16,17)/t10-/m1/s1. The summed E-state index contributed by atoms with van der Waals surface area (Å²) < 4.78 is 10.8. The monoisotopic (exact) mass is 261 g/mol.